The van der Waals surface area contributed by atoms with Crippen LogP contribution >= 0.6 is 0 Å². The Morgan fingerprint density at radius 3 is 2.06 bits per heavy atom. The Morgan fingerprint density at radius 2 is 1.53 bits per heavy atom. The summed E-state index contributed by atoms with van der Waals surface area (Å²) in [5.74, 6) is -4.14. The van der Waals surface area contributed by atoms with Crippen LogP contribution in [0.1, 0.15) is 92.7 Å². The predicted octanol–water partition coefficient (Wildman–Crippen LogP) is 2.24. The summed E-state index contributed by atoms with van der Waals surface area (Å²) in [5, 5.41) is 10.3. The molecule has 1 saturated heterocycles. The summed E-state index contributed by atoms with van der Waals surface area (Å²) in [5.41, 5.74) is -0.820. The van der Waals surface area contributed by atoms with Crippen LogP contribution in [0.5, 0.6) is 0 Å². The number of carbonyl (C=O) groups is 7. The molecule has 3 rings (SSSR count). The van der Waals surface area contributed by atoms with Crippen molar-refractivity contribution in [2.24, 2.45) is 11.3 Å². The van der Waals surface area contributed by atoms with Crippen LogP contribution < -0.4 is 21.3 Å². The van der Waals surface area contributed by atoms with Crippen molar-refractivity contribution in [3.8, 4) is 0 Å². The predicted molar refractivity (Wildman–Crippen MR) is 196 cm³/mol. The number of Topliss-reactive ketones (excluding diaryl/α,β-unsaturated/α-hetero) is 1. The van der Waals surface area contributed by atoms with Gasteiger partial charge in [0.2, 0.25) is 29.4 Å². The molecule has 53 heavy (non-hydrogen) atoms. The summed E-state index contributed by atoms with van der Waals surface area (Å²) in [6.45, 7) is 13.8. The third kappa shape index (κ3) is 13.1. The van der Waals surface area contributed by atoms with Gasteiger partial charge in [-0.1, -0.05) is 63.9 Å². The fraction of sp³-hybridized carbons (Fsp3) is 0.658. The molecule has 2 unspecified atom stereocenters. The lowest BCUT2D eigenvalue weighted by molar-refractivity contribution is -0.144. The van der Waals surface area contributed by atoms with Gasteiger partial charge in [0.05, 0.1) is 30.4 Å². The van der Waals surface area contributed by atoms with Gasteiger partial charge in [-0.25, -0.2) is 4.79 Å². The number of likely N-dealkylation sites (N-methyl/N-ethyl adjacent to an activating group) is 1. The molecule has 0 radical (unpaired) electrons. The summed E-state index contributed by atoms with van der Waals surface area (Å²) in [7, 11) is 3.11. The number of alkyl carbamates (subject to hydrolysis) is 1. The maximum Gasteiger partial charge on any atom is 0.408 e. The number of carbonyl (C=O) groups excluding carboxylic acids is 7. The summed E-state index contributed by atoms with van der Waals surface area (Å²) >= 11 is 0. The molecule has 4 N–H and O–H groups in total. The number of benzene rings is 1. The zero-order chi connectivity index (χ0) is 39.8. The molecule has 6 amide bonds. The highest BCUT2D eigenvalue weighted by Gasteiger charge is 2.47. The molecule has 294 valence electrons. The van der Waals surface area contributed by atoms with Crippen molar-refractivity contribution < 1.29 is 43.0 Å². The highest BCUT2D eigenvalue weighted by Crippen LogP contribution is 2.34. The van der Waals surface area contributed by atoms with E-state index in [1.165, 1.54) is 9.80 Å². The highest BCUT2D eigenvalue weighted by molar-refractivity contribution is 6.38. The van der Waals surface area contributed by atoms with Gasteiger partial charge in [-0.2, -0.15) is 0 Å². The minimum atomic E-state index is -1.22. The number of hydrogen-bond acceptors (Lipinski definition) is 9. The minimum absolute atomic E-state index is 0.0544. The Bertz CT molecular complexity index is 1500. The molecular formula is C38H58N6O9. The van der Waals surface area contributed by atoms with Crippen LogP contribution in [-0.2, 0) is 38.2 Å². The Labute approximate surface area is 312 Å². The quantitative estimate of drug-likeness (QED) is 0.195. The molecule has 2 aliphatic rings. The average molecular weight is 743 g/mol. The van der Waals surface area contributed by atoms with E-state index in [0.717, 1.165) is 12.8 Å². The maximum atomic E-state index is 14.2. The molecular weight excluding hydrogens is 684 g/mol. The van der Waals surface area contributed by atoms with Crippen molar-refractivity contribution in [3.05, 3.63) is 35.9 Å². The number of nitrogens with one attached hydrogen (secondary N) is 4. The molecule has 0 bridgehead atoms. The van der Waals surface area contributed by atoms with E-state index in [-0.39, 0.29) is 31.2 Å². The van der Waals surface area contributed by atoms with Gasteiger partial charge in [0.15, 0.2) is 0 Å². The van der Waals surface area contributed by atoms with E-state index in [9.17, 15) is 33.6 Å². The first kappa shape index (κ1) is 42.9. The molecule has 1 aromatic carbocycles. The third-order valence-corrected chi connectivity index (χ3v) is 8.74. The number of likely N-dealkylation sites (tertiary alicyclic amines) is 1. The smallest absolute Gasteiger partial charge is 0.408 e. The van der Waals surface area contributed by atoms with Crippen LogP contribution in [0, 0.1) is 11.3 Å². The Morgan fingerprint density at radius 1 is 0.906 bits per heavy atom. The summed E-state index contributed by atoms with van der Waals surface area (Å²) in [6.07, 6.45) is 0.241. The van der Waals surface area contributed by atoms with E-state index >= 15 is 0 Å². The lowest BCUT2D eigenvalue weighted by atomic mass is 9.85. The number of ketones is 1. The van der Waals surface area contributed by atoms with Gasteiger partial charge < -0.3 is 40.5 Å². The first-order chi connectivity index (χ1) is 24.6. The topological polar surface area (TPSA) is 193 Å². The highest BCUT2D eigenvalue weighted by atomic mass is 16.6. The van der Waals surface area contributed by atoms with Gasteiger partial charge in [0.25, 0.3) is 5.91 Å². The summed E-state index contributed by atoms with van der Waals surface area (Å²) in [4.78, 5) is 96.0. The number of amides is 6. The number of rotatable bonds is 15. The molecule has 0 spiro atoms. The fourth-order valence-electron chi connectivity index (χ4n) is 6.05. The normalized spacial score (nSPS) is 19.0. The molecule has 1 heterocycles. The Kier molecular flexibility index (Phi) is 14.6. The summed E-state index contributed by atoms with van der Waals surface area (Å²) < 4.78 is 11.4. The van der Waals surface area contributed by atoms with Crippen molar-refractivity contribution >= 4 is 41.4 Å². The zero-order valence-electron chi connectivity index (χ0n) is 32.7. The number of ether oxygens (including phenoxy) is 2. The Balaban J connectivity index is 1.77. The second-order valence-corrected chi connectivity index (χ2v) is 16.4. The zero-order valence-corrected chi connectivity index (χ0v) is 32.7. The lowest BCUT2D eigenvalue weighted by Gasteiger charge is -2.35. The monoisotopic (exact) mass is 742 g/mol. The van der Waals surface area contributed by atoms with E-state index in [1.807, 2.05) is 20.8 Å². The molecule has 0 aromatic heterocycles. The molecule has 2 fully saturated rings. The van der Waals surface area contributed by atoms with Crippen molar-refractivity contribution in [3.63, 3.8) is 0 Å². The van der Waals surface area contributed by atoms with E-state index in [1.54, 1.807) is 79.0 Å². The van der Waals surface area contributed by atoms with Crippen LogP contribution in [0.25, 0.3) is 0 Å². The average Bonchev–Trinajstić information content (AvgIpc) is 3.78. The largest absolute Gasteiger partial charge is 0.447 e. The second-order valence-electron chi connectivity index (χ2n) is 16.4. The van der Waals surface area contributed by atoms with Gasteiger partial charge >= 0.3 is 6.09 Å². The molecule has 1 saturated carbocycles. The van der Waals surface area contributed by atoms with Crippen LogP contribution in [-0.4, -0.2) is 114 Å². The van der Waals surface area contributed by atoms with Crippen LogP contribution in [0.15, 0.2) is 30.3 Å². The first-order valence-corrected chi connectivity index (χ1v) is 18.2. The molecule has 5 atom stereocenters. The molecule has 1 aliphatic heterocycles. The molecule has 15 heteroatoms. The lowest BCUT2D eigenvalue weighted by Crippen LogP contribution is -2.59. The number of nitrogens with zero attached hydrogens (tertiary/aromatic N) is 2. The SMILES string of the molecule is CC(C)OC(=O)N[C@H](C(=O)N1C[C@H](OC(C)(C)C)CC1C(=O)NC(CC1CC1)C(=O)C(=O)NCC(=O)N[C@H](C(=O)N(C)C)c1ccccc1)C(C)(C)C. The van der Waals surface area contributed by atoms with E-state index < -0.39 is 89.4 Å². The van der Waals surface area contributed by atoms with Crippen molar-refractivity contribution in [1.29, 1.82) is 0 Å². The van der Waals surface area contributed by atoms with Crippen LogP contribution in [0.2, 0.25) is 0 Å². The van der Waals surface area contributed by atoms with Gasteiger partial charge in [0, 0.05) is 27.1 Å². The summed E-state index contributed by atoms with van der Waals surface area (Å²) in [6, 6.07) is 4.25. The van der Waals surface area contributed by atoms with Crippen LogP contribution in [0.3, 0.4) is 0 Å². The minimum Gasteiger partial charge on any atom is -0.447 e. The molecule has 1 aliphatic carbocycles. The number of hydrogen-bond donors (Lipinski definition) is 4. The van der Waals surface area contributed by atoms with Gasteiger partial charge in [0.1, 0.15) is 18.1 Å². The van der Waals surface area contributed by atoms with Gasteiger partial charge in [-0.05, 0) is 57.9 Å². The van der Waals surface area contributed by atoms with E-state index in [2.05, 4.69) is 21.3 Å². The van der Waals surface area contributed by atoms with Gasteiger partial charge in [-0.3, -0.25) is 28.8 Å². The van der Waals surface area contributed by atoms with E-state index in [0.29, 0.717) is 5.56 Å². The van der Waals surface area contributed by atoms with E-state index in [4.69, 9.17) is 9.47 Å². The molecule has 1 aromatic rings. The third-order valence-electron chi connectivity index (χ3n) is 8.74. The van der Waals surface area contributed by atoms with Crippen molar-refractivity contribution in [1.82, 2.24) is 31.1 Å². The van der Waals surface area contributed by atoms with Crippen molar-refractivity contribution in [2.45, 2.75) is 123 Å². The fourth-order valence-corrected chi connectivity index (χ4v) is 6.05. The van der Waals surface area contributed by atoms with Gasteiger partial charge in [-0.15, -0.1) is 0 Å². The van der Waals surface area contributed by atoms with Crippen LogP contribution in [0.4, 0.5) is 4.79 Å². The molecule has 15 nitrogen and oxygen atoms in total. The maximum absolute atomic E-state index is 14.2. The first-order valence-electron chi connectivity index (χ1n) is 18.2. The van der Waals surface area contributed by atoms with Crippen molar-refractivity contribution in [2.75, 3.05) is 27.2 Å². The Hall–Kier alpha value is -4.53. The second kappa shape index (κ2) is 18.0. The standard InChI is InChI=1S/C38H58N6O9/c1-22(2)52-36(51)42-31(37(3,4)5)35(50)44-21-25(53-38(6,7)8)19-27(44)32(47)40-26(18-23-16-17-23)30(46)33(48)39-20-28(45)41-29(34(49)43(9)10)24-14-12-11-13-15-24/h11-15,22-23,25-27,29,31H,16-21H2,1-10H3,(H,39,48)(H,40,47)(H,41,45)(H,42,51)/t25-,26?,27?,29+,31-/m1/s1.